The first-order valence-corrected chi connectivity index (χ1v) is 18.7. The topological polar surface area (TPSA) is 142 Å². The van der Waals surface area contributed by atoms with Gasteiger partial charge in [-0.3, -0.25) is 14.5 Å². The third-order valence-corrected chi connectivity index (χ3v) is 9.38. The Balaban J connectivity index is 1.53. The SMILES string of the molecule is CC(C)(COCCOC(=O)OCN(C(=O)c1cc(-c2cnn(-c3c(Cl)cc(C(F)(C(F)(F)F)C(F)(F)F)cc3OC(F)(F)F)c2)ccc1Cl)C1(C#N)CC1)CC(=O)OC(C)(C)C. The van der Waals surface area contributed by atoms with Crippen molar-refractivity contribution in [3.63, 3.8) is 0 Å². The first-order valence-electron chi connectivity index (χ1n) is 17.9. The number of carbonyl (C=O) groups is 3. The summed E-state index contributed by atoms with van der Waals surface area (Å²) in [5, 5.41) is 12.2. The Kier molecular flexibility index (Phi) is 14.4. The van der Waals surface area contributed by atoms with E-state index in [9.17, 15) is 63.5 Å². The Labute approximate surface area is 356 Å². The number of ether oxygens (including phenoxy) is 5. The van der Waals surface area contributed by atoms with Crippen molar-refractivity contribution >= 4 is 41.2 Å². The van der Waals surface area contributed by atoms with Gasteiger partial charge in [-0.1, -0.05) is 43.1 Å². The molecule has 3 aromatic rings. The van der Waals surface area contributed by atoms with E-state index in [-0.39, 0.29) is 66.9 Å². The highest BCUT2D eigenvalue weighted by atomic mass is 35.5. The van der Waals surface area contributed by atoms with Crippen LogP contribution in [0, 0.1) is 16.7 Å². The average Bonchev–Trinajstić information content (AvgIpc) is 3.75. The minimum Gasteiger partial charge on any atom is -0.460 e. The molecule has 24 heteroatoms. The zero-order valence-electron chi connectivity index (χ0n) is 33.1. The number of halogens is 12. The molecule has 0 saturated heterocycles. The molecule has 0 bridgehead atoms. The number of alkyl halides is 10. The van der Waals surface area contributed by atoms with E-state index in [1.54, 1.807) is 34.6 Å². The lowest BCUT2D eigenvalue weighted by Crippen LogP contribution is -2.50. The Morgan fingerprint density at radius 3 is 2.05 bits per heavy atom. The zero-order chi connectivity index (χ0) is 46.9. The number of nitrogens with zero attached hydrogens (tertiary/aromatic N) is 4. The van der Waals surface area contributed by atoms with Crippen LogP contribution in [0.3, 0.4) is 0 Å². The van der Waals surface area contributed by atoms with Gasteiger partial charge in [0.2, 0.25) is 0 Å². The van der Waals surface area contributed by atoms with Gasteiger partial charge in [0.25, 0.3) is 5.91 Å². The van der Waals surface area contributed by atoms with Crippen molar-refractivity contribution in [2.24, 2.45) is 5.41 Å². The van der Waals surface area contributed by atoms with Crippen LogP contribution in [0.4, 0.5) is 48.7 Å². The van der Waals surface area contributed by atoms with Gasteiger partial charge in [0.05, 0.1) is 47.5 Å². The van der Waals surface area contributed by atoms with Crippen molar-refractivity contribution in [3.8, 4) is 28.6 Å². The van der Waals surface area contributed by atoms with Gasteiger partial charge in [-0.2, -0.15) is 36.7 Å². The van der Waals surface area contributed by atoms with Crippen LogP contribution in [0.2, 0.25) is 10.0 Å². The number of benzene rings is 2. The molecular weight excluding hydrogens is 901 g/mol. The lowest BCUT2D eigenvalue weighted by molar-refractivity contribution is -0.348. The summed E-state index contributed by atoms with van der Waals surface area (Å²) >= 11 is 12.3. The van der Waals surface area contributed by atoms with Gasteiger partial charge in [-0.05, 0) is 68.9 Å². The van der Waals surface area contributed by atoms with Gasteiger partial charge in [-0.15, -0.1) is 13.2 Å². The van der Waals surface area contributed by atoms with E-state index in [0.717, 1.165) is 23.4 Å². The maximum absolute atomic E-state index is 14.9. The van der Waals surface area contributed by atoms with Crippen LogP contribution < -0.4 is 4.74 Å². The first kappa shape index (κ1) is 49.6. The number of hydrogen-bond acceptors (Lipinski definition) is 10. The summed E-state index contributed by atoms with van der Waals surface area (Å²) in [6.07, 6.45) is -18.1. The summed E-state index contributed by atoms with van der Waals surface area (Å²) in [7, 11) is 0. The highest BCUT2D eigenvalue weighted by molar-refractivity contribution is 6.34. The maximum atomic E-state index is 14.9. The fourth-order valence-electron chi connectivity index (χ4n) is 5.74. The summed E-state index contributed by atoms with van der Waals surface area (Å²) in [6.45, 7) is 7.65. The molecule has 0 N–H and O–H groups in total. The number of esters is 1. The number of aromatic nitrogens is 2. The van der Waals surface area contributed by atoms with Gasteiger partial charge < -0.3 is 23.7 Å². The number of carbonyl (C=O) groups excluding carboxylic acids is 3. The standard InChI is InChI=1S/C38H36Cl2F10N4O8/c1-32(2,3)62-28(55)15-33(4,5)19-58-10-11-59-31(57)60-20-53(34(18-51)8-9-34)30(56)24-12-21(6-7-25(24)39)22-16-52-54(17-22)29-26(40)13-23(14-27(29)61-38(48,49)50)35(41,36(42,43)44)37(45,46)47/h6-7,12-14,16-17H,8-11,15,19-20H2,1-5H3. The molecule has 0 unspecified atom stereocenters. The smallest absolute Gasteiger partial charge is 0.460 e. The van der Waals surface area contributed by atoms with Crippen LogP contribution >= 0.6 is 23.2 Å². The molecule has 1 fully saturated rings. The van der Waals surface area contributed by atoms with Gasteiger partial charge >= 0.3 is 36.5 Å². The van der Waals surface area contributed by atoms with Crippen LogP contribution in [0.25, 0.3) is 16.8 Å². The Morgan fingerprint density at radius 1 is 0.871 bits per heavy atom. The Morgan fingerprint density at radius 2 is 1.50 bits per heavy atom. The molecule has 340 valence electrons. The number of amides is 1. The monoisotopic (exact) mass is 936 g/mol. The molecule has 1 heterocycles. The van der Waals surface area contributed by atoms with E-state index in [0.29, 0.717) is 4.68 Å². The second-order valence-corrected chi connectivity index (χ2v) is 16.4. The predicted molar refractivity (Wildman–Crippen MR) is 197 cm³/mol. The molecular formula is C38H36Cl2F10N4O8. The fourth-order valence-corrected chi connectivity index (χ4v) is 6.24. The lowest BCUT2D eigenvalue weighted by atomic mass is 9.90. The molecule has 1 aliphatic carbocycles. The van der Waals surface area contributed by atoms with Gasteiger partial charge in [0.15, 0.2) is 12.5 Å². The summed E-state index contributed by atoms with van der Waals surface area (Å²) in [4.78, 5) is 39.5. The molecule has 62 heavy (non-hydrogen) atoms. The Bertz CT molecular complexity index is 2180. The van der Waals surface area contributed by atoms with Crippen molar-refractivity contribution < 1.29 is 82.0 Å². The molecule has 1 amide bonds. The minimum atomic E-state index is -6.70. The zero-order valence-corrected chi connectivity index (χ0v) is 34.6. The van der Waals surface area contributed by atoms with Crippen molar-refractivity contribution in [1.82, 2.24) is 14.7 Å². The van der Waals surface area contributed by atoms with Gasteiger partial charge in [0, 0.05) is 17.3 Å². The molecule has 4 rings (SSSR count). The number of hydrogen-bond donors (Lipinski definition) is 0. The van der Waals surface area contributed by atoms with Crippen LogP contribution in [-0.4, -0.2) is 89.1 Å². The van der Waals surface area contributed by atoms with E-state index >= 15 is 0 Å². The van der Waals surface area contributed by atoms with E-state index < -0.39 is 93.8 Å². The third-order valence-electron chi connectivity index (χ3n) is 8.76. The van der Waals surface area contributed by atoms with Crippen molar-refractivity contribution in [3.05, 3.63) is 63.9 Å². The molecule has 0 radical (unpaired) electrons. The summed E-state index contributed by atoms with van der Waals surface area (Å²) < 4.78 is 161. The van der Waals surface area contributed by atoms with E-state index in [2.05, 4.69) is 9.84 Å². The minimum absolute atomic E-state index is 0.0447. The number of nitriles is 1. The number of rotatable bonds is 15. The summed E-state index contributed by atoms with van der Waals surface area (Å²) in [6, 6.07) is 4.98. The normalized spacial score (nSPS) is 14.5. The first-order chi connectivity index (χ1) is 28.3. The fraction of sp³-hybridized carbons (Fsp3) is 0.500. The molecule has 0 aliphatic heterocycles. The van der Waals surface area contributed by atoms with Crippen LogP contribution in [-0.2, 0) is 29.4 Å². The molecule has 2 aromatic carbocycles. The van der Waals surface area contributed by atoms with E-state index in [1.165, 1.54) is 12.1 Å². The predicted octanol–water partition coefficient (Wildman–Crippen LogP) is 10.4. The summed E-state index contributed by atoms with van der Waals surface area (Å²) in [5.74, 6) is -3.15. The molecule has 1 aliphatic rings. The Hall–Kier alpha value is -5.01. The average molecular weight is 938 g/mol. The maximum Gasteiger partial charge on any atom is 0.573 e. The highest BCUT2D eigenvalue weighted by Crippen LogP contribution is 2.55. The molecule has 12 nitrogen and oxygen atoms in total. The van der Waals surface area contributed by atoms with Crippen LogP contribution in [0.5, 0.6) is 5.75 Å². The molecule has 1 saturated carbocycles. The van der Waals surface area contributed by atoms with Crippen LogP contribution in [0.1, 0.15) is 69.8 Å². The van der Waals surface area contributed by atoms with Gasteiger partial charge in [-0.25, -0.2) is 13.9 Å². The largest absolute Gasteiger partial charge is 0.573 e. The lowest BCUT2D eigenvalue weighted by Gasteiger charge is -2.31. The molecule has 0 atom stereocenters. The van der Waals surface area contributed by atoms with Crippen molar-refractivity contribution in [2.45, 2.75) is 89.4 Å². The quantitative estimate of drug-likeness (QED) is 0.0625. The van der Waals surface area contributed by atoms with Crippen LogP contribution in [0.15, 0.2) is 42.7 Å². The van der Waals surface area contributed by atoms with Crippen molar-refractivity contribution in [1.29, 1.82) is 5.26 Å². The second kappa shape index (κ2) is 18.0. The molecule has 1 aromatic heterocycles. The third kappa shape index (κ3) is 11.9. The second-order valence-electron chi connectivity index (χ2n) is 15.6. The van der Waals surface area contributed by atoms with E-state index in [4.69, 9.17) is 42.1 Å². The van der Waals surface area contributed by atoms with E-state index in [1.807, 2.05) is 6.07 Å². The highest BCUT2D eigenvalue weighted by Gasteiger charge is 2.73. The summed E-state index contributed by atoms with van der Waals surface area (Å²) in [5.41, 5.74) is -12.6. The van der Waals surface area contributed by atoms with Gasteiger partial charge in [0.1, 0.15) is 23.4 Å². The molecule has 0 spiro atoms. The van der Waals surface area contributed by atoms with Crippen molar-refractivity contribution in [2.75, 3.05) is 26.6 Å².